The van der Waals surface area contributed by atoms with E-state index in [0.29, 0.717) is 21.4 Å². The molecule has 0 spiro atoms. The Hall–Kier alpha value is -2.02. The molecular formula is C20H18ClNO3S2. The number of hydrogen-bond donors (Lipinski definition) is 1. The molecule has 1 heterocycles. The highest BCUT2D eigenvalue weighted by molar-refractivity contribution is 8.27. The SMILES string of the molecule is CCOc1cc(/C=C2/SC(=S)N(c3ccc(C)cc3C)C2=O)cc(Cl)c1O. The number of aryl methyl sites for hydroxylation is 2. The summed E-state index contributed by atoms with van der Waals surface area (Å²) < 4.78 is 5.88. The van der Waals surface area contributed by atoms with Crippen molar-refractivity contribution < 1.29 is 14.6 Å². The number of nitrogens with zero attached hydrogens (tertiary/aromatic N) is 1. The molecule has 0 saturated carbocycles. The second-order valence-electron chi connectivity index (χ2n) is 6.09. The van der Waals surface area contributed by atoms with Crippen LogP contribution in [0.1, 0.15) is 23.6 Å². The summed E-state index contributed by atoms with van der Waals surface area (Å²) >= 11 is 12.8. The first-order valence-corrected chi connectivity index (χ1v) is 9.92. The molecule has 0 bridgehead atoms. The van der Waals surface area contributed by atoms with Crippen LogP contribution in [-0.2, 0) is 4.79 Å². The van der Waals surface area contributed by atoms with Gasteiger partial charge < -0.3 is 9.84 Å². The van der Waals surface area contributed by atoms with E-state index in [2.05, 4.69) is 0 Å². The molecule has 1 amide bonds. The number of amides is 1. The number of ether oxygens (including phenoxy) is 1. The lowest BCUT2D eigenvalue weighted by molar-refractivity contribution is -0.113. The van der Waals surface area contributed by atoms with E-state index in [4.69, 9.17) is 28.6 Å². The summed E-state index contributed by atoms with van der Waals surface area (Å²) in [6.07, 6.45) is 1.71. The summed E-state index contributed by atoms with van der Waals surface area (Å²) in [4.78, 5) is 15.0. The molecule has 1 N–H and O–H groups in total. The molecule has 140 valence electrons. The number of rotatable bonds is 4. The number of hydrogen-bond acceptors (Lipinski definition) is 5. The lowest BCUT2D eigenvalue weighted by Gasteiger charge is -2.17. The number of phenolic OH excluding ortho intramolecular Hbond substituents is 1. The zero-order valence-corrected chi connectivity index (χ0v) is 17.5. The third kappa shape index (κ3) is 3.98. The van der Waals surface area contributed by atoms with Gasteiger partial charge in [0, 0.05) is 0 Å². The predicted octanol–water partition coefficient (Wildman–Crippen LogP) is 5.47. The molecular weight excluding hydrogens is 402 g/mol. The molecule has 4 nitrogen and oxygen atoms in total. The molecule has 1 fully saturated rings. The number of phenols is 1. The maximum atomic E-state index is 13.0. The molecule has 0 atom stereocenters. The van der Waals surface area contributed by atoms with Crippen molar-refractivity contribution in [2.24, 2.45) is 0 Å². The van der Waals surface area contributed by atoms with E-state index in [1.165, 1.54) is 11.8 Å². The average molecular weight is 420 g/mol. The summed E-state index contributed by atoms with van der Waals surface area (Å²) in [7, 11) is 0. The second-order valence-corrected chi connectivity index (χ2v) is 8.17. The van der Waals surface area contributed by atoms with Gasteiger partial charge in [-0.3, -0.25) is 9.69 Å². The van der Waals surface area contributed by atoms with Gasteiger partial charge in [0.15, 0.2) is 15.8 Å². The smallest absolute Gasteiger partial charge is 0.270 e. The fraction of sp³-hybridized carbons (Fsp3) is 0.200. The number of carbonyl (C=O) groups excluding carboxylic acids is 1. The molecule has 1 saturated heterocycles. The van der Waals surface area contributed by atoms with Crippen molar-refractivity contribution in [1.29, 1.82) is 0 Å². The van der Waals surface area contributed by atoms with E-state index in [9.17, 15) is 9.90 Å². The van der Waals surface area contributed by atoms with Crippen molar-refractivity contribution in [3.63, 3.8) is 0 Å². The van der Waals surface area contributed by atoms with Gasteiger partial charge in [-0.15, -0.1) is 0 Å². The lowest BCUT2D eigenvalue weighted by Crippen LogP contribution is -2.28. The Kier molecular flexibility index (Phi) is 5.79. The van der Waals surface area contributed by atoms with Crippen LogP contribution in [-0.4, -0.2) is 21.9 Å². The van der Waals surface area contributed by atoms with Crippen LogP contribution in [0.2, 0.25) is 5.02 Å². The molecule has 2 aromatic carbocycles. The Morgan fingerprint density at radius 3 is 2.70 bits per heavy atom. The number of benzene rings is 2. The van der Waals surface area contributed by atoms with Crippen molar-refractivity contribution in [1.82, 2.24) is 0 Å². The zero-order chi connectivity index (χ0) is 19.7. The first-order chi connectivity index (χ1) is 12.8. The van der Waals surface area contributed by atoms with E-state index in [1.54, 1.807) is 23.1 Å². The Morgan fingerprint density at radius 2 is 2.04 bits per heavy atom. The molecule has 0 unspecified atom stereocenters. The number of anilines is 1. The van der Waals surface area contributed by atoms with Gasteiger partial charge in [0.05, 0.1) is 22.2 Å². The molecule has 0 aliphatic carbocycles. The first-order valence-electron chi connectivity index (χ1n) is 8.32. The highest BCUT2D eigenvalue weighted by Gasteiger charge is 2.34. The fourth-order valence-corrected chi connectivity index (χ4v) is 4.33. The molecule has 1 aliphatic rings. The van der Waals surface area contributed by atoms with Crippen LogP contribution in [0.3, 0.4) is 0 Å². The van der Waals surface area contributed by atoms with Crippen LogP contribution >= 0.6 is 35.6 Å². The Labute approximate surface area is 172 Å². The molecule has 7 heteroatoms. The largest absolute Gasteiger partial charge is 0.503 e. The van der Waals surface area contributed by atoms with E-state index in [1.807, 2.05) is 39.0 Å². The maximum Gasteiger partial charge on any atom is 0.270 e. The quantitative estimate of drug-likeness (QED) is 0.526. The molecule has 0 aromatic heterocycles. The van der Waals surface area contributed by atoms with Gasteiger partial charge in [-0.2, -0.15) is 0 Å². The van der Waals surface area contributed by atoms with Crippen molar-refractivity contribution in [3.05, 3.63) is 56.9 Å². The Morgan fingerprint density at radius 1 is 1.30 bits per heavy atom. The third-order valence-electron chi connectivity index (χ3n) is 4.04. The van der Waals surface area contributed by atoms with Crippen LogP contribution in [0, 0.1) is 13.8 Å². The van der Waals surface area contributed by atoms with Crippen LogP contribution in [0.25, 0.3) is 6.08 Å². The highest BCUT2D eigenvalue weighted by atomic mass is 35.5. The van der Waals surface area contributed by atoms with Gasteiger partial charge >= 0.3 is 0 Å². The number of halogens is 1. The predicted molar refractivity (Wildman–Crippen MR) is 116 cm³/mol. The van der Waals surface area contributed by atoms with Gasteiger partial charge in [0.25, 0.3) is 5.91 Å². The van der Waals surface area contributed by atoms with E-state index in [0.717, 1.165) is 16.8 Å². The first kappa shape index (κ1) is 19.7. The monoisotopic (exact) mass is 419 g/mol. The number of thiocarbonyl (C=S) groups is 1. The minimum Gasteiger partial charge on any atom is -0.503 e. The zero-order valence-electron chi connectivity index (χ0n) is 15.1. The molecule has 27 heavy (non-hydrogen) atoms. The van der Waals surface area contributed by atoms with Crippen LogP contribution in [0.15, 0.2) is 35.2 Å². The summed E-state index contributed by atoms with van der Waals surface area (Å²) in [5.74, 6) is -0.0151. The van der Waals surface area contributed by atoms with Gasteiger partial charge in [-0.1, -0.05) is 53.3 Å². The lowest BCUT2D eigenvalue weighted by atomic mass is 10.1. The molecule has 3 rings (SSSR count). The van der Waals surface area contributed by atoms with Crippen LogP contribution in [0.4, 0.5) is 5.69 Å². The fourth-order valence-electron chi connectivity index (χ4n) is 2.83. The maximum absolute atomic E-state index is 13.0. The summed E-state index contributed by atoms with van der Waals surface area (Å²) in [6.45, 7) is 6.17. The Bertz CT molecular complexity index is 972. The van der Waals surface area contributed by atoms with Gasteiger partial charge in [-0.25, -0.2) is 0 Å². The van der Waals surface area contributed by atoms with Crippen molar-refractivity contribution in [3.8, 4) is 11.5 Å². The number of aromatic hydroxyl groups is 1. The Balaban J connectivity index is 1.97. The molecule has 1 aliphatic heterocycles. The van der Waals surface area contributed by atoms with E-state index in [-0.39, 0.29) is 22.4 Å². The van der Waals surface area contributed by atoms with Crippen molar-refractivity contribution in [2.75, 3.05) is 11.5 Å². The minimum absolute atomic E-state index is 0.113. The highest BCUT2D eigenvalue weighted by Crippen LogP contribution is 2.40. The van der Waals surface area contributed by atoms with Crippen LogP contribution < -0.4 is 9.64 Å². The summed E-state index contributed by atoms with van der Waals surface area (Å²) in [6, 6.07) is 9.12. The minimum atomic E-state index is -0.181. The normalized spacial score (nSPS) is 15.7. The second kappa shape index (κ2) is 7.92. The third-order valence-corrected chi connectivity index (χ3v) is 5.63. The number of carbonyl (C=O) groups is 1. The number of thioether (sulfide) groups is 1. The van der Waals surface area contributed by atoms with E-state index < -0.39 is 0 Å². The topological polar surface area (TPSA) is 49.8 Å². The van der Waals surface area contributed by atoms with Crippen molar-refractivity contribution in [2.45, 2.75) is 20.8 Å². The van der Waals surface area contributed by atoms with Gasteiger partial charge in [0.1, 0.15) is 0 Å². The standard InChI is InChI=1S/C20H18ClNO3S2/c1-4-25-16-9-13(8-14(21)18(16)23)10-17-19(24)22(20(26)27-17)15-6-5-11(2)7-12(15)3/h5-10,23H,4H2,1-3H3/b17-10+. The van der Waals surface area contributed by atoms with E-state index >= 15 is 0 Å². The molecule has 2 aromatic rings. The summed E-state index contributed by atoms with van der Waals surface area (Å²) in [5.41, 5.74) is 3.55. The summed E-state index contributed by atoms with van der Waals surface area (Å²) in [5, 5.41) is 10.1. The average Bonchev–Trinajstić information content (AvgIpc) is 2.87. The van der Waals surface area contributed by atoms with Gasteiger partial charge in [-0.05, 0) is 56.2 Å². The van der Waals surface area contributed by atoms with Gasteiger partial charge in [0.2, 0.25) is 0 Å². The van der Waals surface area contributed by atoms with Crippen LogP contribution in [0.5, 0.6) is 11.5 Å². The van der Waals surface area contributed by atoms with Crippen molar-refractivity contribution >= 4 is 57.6 Å². The molecule has 0 radical (unpaired) electrons.